The van der Waals surface area contributed by atoms with Crippen LogP contribution in [0.25, 0.3) is 10.1 Å². The predicted molar refractivity (Wildman–Crippen MR) is 66.2 cm³/mol. The van der Waals surface area contributed by atoms with Gasteiger partial charge in [0.2, 0.25) is 0 Å². The Balaban J connectivity index is 2.02. The standard InChI is InChI=1S/C12H12N2O2S/c1-13-7-9(14(16)12(13)15)11-6-8-4-2-3-5-10(8)17-11/h2-6,9,16H,7H2,1H3. The summed E-state index contributed by atoms with van der Waals surface area (Å²) in [7, 11) is 1.69. The highest BCUT2D eigenvalue weighted by molar-refractivity contribution is 7.19. The summed E-state index contributed by atoms with van der Waals surface area (Å²) >= 11 is 1.62. The van der Waals surface area contributed by atoms with Crippen molar-refractivity contribution >= 4 is 27.5 Å². The van der Waals surface area contributed by atoms with E-state index in [-0.39, 0.29) is 12.1 Å². The zero-order valence-electron chi connectivity index (χ0n) is 9.33. The lowest BCUT2D eigenvalue weighted by Crippen LogP contribution is -2.27. The number of benzene rings is 1. The maximum Gasteiger partial charge on any atom is 0.344 e. The second-order valence-corrected chi connectivity index (χ2v) is 5.33. The Hall–Kier alpha value is -1.59. The molecule has 3 rings (SSSR count). The largest absolute Gasteiger partial charge is 0.344 e. The highest BCUT2D eigenvalue weighted by atomic mass is 32.1. The van der Waals surface area contributed by atoms with Crippen LogP contribution in [-0.2, 0) is 0 Å². The molecule has 1 atom stereocenters. The van der Waals surface area contributed by atoms with E-state index in [1.807, 2.05) is 30.3 Å². The van der Waals surface area contributed by atoms with Crippen molar-refractivity contribution in [1.29, 1.82) is 0 Å². The van der Waals surface area contributed by atoms with E-state index in [0.29, 0.717) is 6.54 Å². The van der Waals surface area contributed by atoms with Gasteiger partial charge in [-0.25, -0.2) is 4.79 Å². The van der Waals surface area contributed by atoms with Crippen LogP contribution >= 0.6 is 11.3 Å². The first-order valence-corrected chi connectivity index (χ1v) is 6.20. The van der Waals surface area contributed by atoms with Gasteiger partial charge in [-0.1, -0.05) is 18.2 Å². The van der Waals surface area contributed by atoms with Crippen LogP contribution in [0.2, 0.25) is 0 Å². The third-order valence-electron chi connectivity index (χ3n) is 3.04. The van der Waals surface area contributed by atoms with Gasteiger partial charge in [0, 0.05) is 16.6 Å². The number of hydrogen-bond donors (Lipinski definition) is 1. The molecule has 0 spiro atoms. The molecule has 2 amide bonds. The zero-order valence-corrected chi connectivity index (χ0v) is 10.1. The summed E-state index contributed by atoms with van der Waals surface area (Å²) in [4.78, 5) is 14.1. The van der Waals surface area contributed by atoms with Crippen molar-refractivity contribution in [3.05, 3.63) is 35.2 Å². The number of hydrogen-bond acceptors (Lipinski definition) is 3. The molecule has 17 heavy (non-hydrogen) atoms. The van der Waals surface area contributed by atoms with E-state index in [1.54, 1.807) is 18.4 Å². The van der Waals surface area contributed by atoms with Crippen molar-refractivity contribution in [1.82, 2.24) is 9.96 Å². The molecule has 5 heteroatoms. The average Bonchev–Trinajstić information content (AvgIpc) is 2.86. The lowest BCUT2D eigenvalue weighted by molar-refractivity contribution is -0.0583. The summed E-state index contributed by atoms with van der Waals surface area (Å²) in [5.41, 5.74) is 0. The smallest absolute Gasteiger partial charge is 0.323 e. The molecule has 0 radical (unpaired) electrons. The molecule has 1 unspecified atom stereocenters. The lowest BCUT2D eigenvalue weighted by Gasteiger charge is -2.13. The normalized spacial score (nSPS) is 20.6. The summed E-state index contributed by atoms with van der Waals surface area (Å²) in [5, 5.41) is 11.7. The average molecular weight is 248 g/mol. The third-order valence-corrected chi connectivity index (χ3v) is 4.25. The highest BCUT2D eigenvalue weighted by Crippen LogP contribution is 2.35. The lowest BCUT2D eigenvalue weighted by atomic mass is 10.2. The van der Waals surface area contributed by atoms with Crippen LogP contribution < -0.4 is 0 Å². The van der Waals surface area contributed by atoms with Crippen LogP contribution in [0, 0.1) is 0 Å². The van der Waals surface area contributed by atoms with Gasteiger partial charge in [-0.15, -0.1) is 11.3 Å². The molecule has 1 fully saturated rings. The van der Waals surface area contributed by atoms with E-state index in [9.17, 15) is 10.0 Å². The number of urea groups is 1. The molecule has 1 N–H and O–H groups in total. The van der Waals surface area contributed by atoms with Crippen molar-refractivity contribution in [2.75, 3.05) is 13.6 Å². The van der Waals surface area contributed by atoms with Crippen LogP contribution in [0.15, 0.2) is 30.3 Å². The molecule has 4 nitrogen and oxygen atoms in total. The fraction of sp³-hybridized carbons (Fsp3) is 0.250. The molecule has 2 aromatic rings. The van der Waals surface area contributed by atoms with Crippen LogP contribution in [0.1, 0.15) is 10.9 Å². The maximum absolute atomic E-state index is 11.5. The van der Waals surface area contributed by atoms with Gasteiger partial charge >= 0.3 is 6.03 Å². The Morgan fingerprint density at radius 2 is 2.18 bits per heavy atom. The van der Waals surface area contributed by atoms with E-state index in [0.717, 1.165) is 15.3 Å². The second-order valence-electron chi connectivity index (χ2n) is 4.21. The minimum atomic E-state index is -0.340. The second kappa shape index (κ2) is 3.72. The first kappa shape index (κ1) is 10.6. The zero-order chi connectivity index (χ0) is 12.0. The summed E-state index contributed by atoms with van der Waals surface area (Å²) in [6, 6.07) is 9.52. The monoisotopic (exact) mass is 248 g/mol. The van der Waals surface area contributed by atoms with E-state index in [1.165, 1.54) is 9.60 Å². The molecule has 0 bridgehead atoms. The van der Waals surface area contributed by atoms with E-state index in [2.05, 4.69) is 0 Å². The number of fused-ring (bicyclic) bond motifs is 1. The summed E-state index contributed by atoms with van der Waals surface area (Å²) < 4.78 is 1.18. The highest BCUT2D eigenvalue weighted by Gasteiger charge is 2.36. The van der Waals surface area contributed by atoms with Crippen molar-refractivity contribution < 1.29 is 10.0 Å². The van der Waals surface area contributed by atoms with Crippen molar-refractivity contribution in [3.8, 4) is 0 Å². The van der Waals surface area contributed by atoms with Gasteiger partial charge in [-0.3, -0.25) is 5.21 Å². The van der Waals surface area contributed by atoms with Gasteiger partial charge in [0.1, 0.15) is 6.04 Å². The van der Waals surface area contributed by atoms with E-state index in [4.69, 9.17) is 0 Å². The summed E-state index contributed by atoms with van der Waals surface area (Å²) in [5.74, 6) is 0. The van der Waals surface area contributed by atoms with Crippen molar-refractivity contribution in [2.24, 2.45) is 0 Å². The Labute approximate surface area is 103 Å². The van der Waals surface area contributed by atoms with Crippen LogP contribution in [0.5, 0.6) is 0 Å². The van der Waals surface area contributed by atoms with Gasteiger partial charge < -0.3 is 4.90 Å². The van der Waals surface area contributed by atoms with Crippen LogP contribution in [-0.4, -0.2) is 34.8 Å². The maximum atomic E-state index is 11.5. The molecule has 88 valence electrons. The topological polar surface area (TPSA) is 43.8 Å². The Bertz CT molecular complexity index is 548. The molecule has 1 aromatic heterocycles. The van der Waals surface area contributed by atoms with Gasteiger partial charge in [-0.2, -0.15) is 5.06 Å². The molecule has 1 aliphatic rings. The molecule has 1 aliphatic heterocycles. The first-order chi connectivity index (χ1) is 8.16. The minimum absolute atomic E-state index is 0.245. The van der Waals surface area contributed by atoms with Crippen molar-refractivity contribution in [3.63, 3.8) is 0 Å². The molecule has 0 saturated carbocycles. The van der Waals surface area contributed by atoms with Gasteiger partial charge in [-0.05, 0) is 17.5 Å². The summed E-state index contributed by atoms with van der Waals surface area (Å²) in [6.07, 6.45) is 0. The van der Waals surface area contributed by atoms with Crippen LogP contribution in [0.3, 0.4) is 0 Å². The number of likely N-dealkylation sites (N-methyl/N-ethyl adjacent to an activating group) is 1. The van der Waals surface area contributed by atoms with Gasteiger partial charge in [0.25, 0.3) is 0 Å². The Morgan fingerprint density at radius 3 is 2.82 bits per heavy atom. The van der Waals surface area contributed by atoms with Crippen molar-refractivity contribution in [2.45, 2.75) is 6.04 Å². The number of carbonyl (C=O) groups excluding carboxylic acids is 1. The third kappa shape index (κ3) is 1.59. The number of nitrogens with zero attached hydrogens (tertiary/aromatic N) is 2. The number of thiophene rings is 1. The number of carbonyl (C=O) groups is 1. The minimum Gasteiger partial charge on any atom is -0.323 e. The predicted octanol–water partition coefficient (Wildman–Crippen LogP) is 2.70. The van der Waals surface area contributed by atoms with E-state index >= 15 is 0 Å². The fourth-order valence-corrected chi connectivity index (χ4v) is 3.24. The SMILES string of the molecule is CN1CC(c2cc3ccccc3s2)N(O)C1=O. The molecule has 1 saturated heterocycles. The Morgan fingerprint density at radius 1 is 1.41 bits per heavy atom. The quantitative estimate of drug-likeness (QED) is 0.788. The first-order valence-electron chi connectivity index (χ1n) is 5.38. The fourth-order valence-electron chi connectivity index (χ4n) is 2.10. The number of amides is 2. The van der Waals surface area contributed by atoms with Crippen LogP contribution in [0.4, 0.5) is 4.79 Å². The molecule has 0 aliphatic carbocycles. The summed E-state index contributed by atoms with van der Waals surface area (Å²) in [6.45, 7) is 0.530. The van der Waals surface area contributed by atoms with Gasteiger partial charge in [0.05, 0.1) is 6.54 Å². The van der Waals surface area contributed by atoms with E-state index < -0.39 is 0 Å². The Kier molecular flexibility index (Phi) is 2.31. The molecule has 2 heterocycles. The number of hydroxylamine groups is 2. The molecular weight excluding hydrogens is 236 g/mol. The number of rotatable bonds is 1. The molecule has 1 aromatic carbocycles. The van der Waals surface area contributed by atoms with Gasteiger partial charge in [0.15, 0.2) is 0 Å². The molecular formula is C12H12N2O2S.